The van der Waals surface area contributed by atoms with E-state index in [1.807, 2.05) is 51.5 Å². The van der Waals surface area contributed by atoms with Crippen LogP contribution in [0.3, 0.4) is 0 Å². The molecule has 0 amide bonds. The number of hydrogen-bond donors (Lipinski definition) is 0. The van der Waals surface area contributed by atoms with Crippen molar-refractivity contribution < 1.29 is 18.3 Å². The van der Waals surface area contributed by atoms with Gasteiger partial charge < -0.3 is 18.9 Å². The number of methoxy groups -OCH3 is 2. The van der Waals surface area contributed by atoms with Crippen molar-refractivity contribution in [3.05, 3.63) is 59.9 Å². The number of rotatable bonds is 6. The van der Waals surface area contributed by atoms with Gasteiger partial charge in [0.2, 0.25) is 5.88 Å². The Morgan fingerprint density at radius 2 is 1.82 bits per heavy atom. The lowest BCUT2D eigenvalue weighted by Crippen LogP contribution is -2.39. The molecule has 2 aliphatic rings. The Labute approximate surface area is 225 Å². The van der Waals surface area contributed by atoms with Crippen molar-refractivity contribution in [3.8, 4) is 28.8 Å². The molecular formula is C28H31F2N7O2. The minimum atomic E-state index is -2.59. The molecule has 11 heteroatoms. The van der Waals surface area contributed by atoms with Gasteiger partial charge >= 0.3 is 0 Å². The first kappa shape index (κ1) is 25.3. The molecule has 204 valence electrons. The summed E-state index contributed by atoms with van der Waals surface area (Å²) in [5, 5.41) is 4.80. The van der Waals surface area contributed by atoms with E-state index in [0.717, 1.165) is 53.6 Å². The summed E-state index contributed by atoms with van der Waals surface area (Å²) in [7, 11) is 3.24. The summed E-state index contributed by atoms with van der Waals surface area (Å²) in [5.74, 6) is -0.0612. The van der Waals surface area contributed by atoms with E-state index in [1.165, 1.54) is 0 Å². The molecule has 9 nitrogen and oxygen atoms in total. The molecule has 0 spiro atoms. The van der Waals surface area contributed by atoms with Crippen LogP contribution >= 0.6 is 0 Å². The highest BCUT2D eigenvalue weighted by atomic mass is 19.3. The molecule has 1 aromatic carbocycles. The number of hydrogen-bond acceptors (Lipinski definition) is 7. The van der Waals surface area contributed by atoms with Crippen LogP contribution in [0.5, 0.6) is 11.6 Å². The van der Waals surface area contributed by atoms with Crippen LogP contribution in [-0.4, -0.2) is 62.5 Å². The van der Waals surface area contributed by atoms with Crippen LogP contribution in [-0.2, 0) is 6.54 Å². The third-order valence-electron chi connectivity index (χ3n) is 7.58. The Kier molecular flexibility index (Phi) is 6.44. The quantitative estimate of drug-likeness (QED) is 0.343. The van der Waals surface area contributed by atoms with Crippen LogP contribution in [0.4, 0.5) is 14.5 Å². The van der Waals surface area contributed by atoms with Crippen LogP contribution < -0.4 is 14.4 Å². The summed E-state index contributed by atoms with van der Waals surface area (Å²) in [4.78, 5) is 16.0. The van der Waals surface area contributed by atoms with Crippen molar-refractivity contribution in [2.75, 3.05) is 32.2 Å². The third-order valence-corrected chi connectivity index (χ3v) is 7.58. The monoisotopic (exact) mass is 535 g/mol. The summed E-state index contributed by atoms with van der Waals surface area (Å²) in [6, 6.07) is 9.76. The summed E-state index contributed by atoms with van der Waals surface area (Å²) >= 11 is 0. The highest BCUT2D eigenvalue weighted by molar-refractivity contribution is 5.58. The number of imidazole rings is 1. The number of aryl methyl sites for hydroxylation is 2. The van der Waals surface area contributed by atoms with Gasteiger partial charge in [0.25, 0.3) is 5.92 Å². The van der Waals surface area contributed by atoms with Gasteiger partial charge in [-0.1, -0.05) is 0 Å². The Morgan fingerprint density at radius 1 is 1.00 bits per heavy atom. The van der Waals surface area contributed by atoms with Gasteiger partial charge in [0.1, 0.15) is 23.0 Å². The molecule has 0 radical (unpaired) electrons. The molecular weight excluding hydrogens is 504 g/mol. The van der Waals surface area contributed by atoms with Gasteiger partial charge in [-0.25, -0.2) is 28.4 Å². The first-order chi connectivity index (χ1) is 18.8. The summed E-state index contributed by atoms with van der Waals surface area (Å²) in [5.41, 5.74) is 4.20. The zero-order valence-electron chi connectivity index (χ0n) is 22.3. The van der Waals surface area contributed by atoms with Gasteiger partial charge in [-0.05, 0) is 50.1 Å². The topological polar surface area (TPSA) is 83.1 Å². The standard InChI is InChI=1S/C28H31F2N7O2/c1-18-16-36(17-31-18)23-8-7-22(32-27(23)39-3)25-33-26-20(5-4-12-37(26)34-25)21-15-19(6-9-24(21)38-2)35-13-10-28(29,30)11-14-35/h6-9,15-17,20H,4-5,10-14H2,1-3H3/t20-/m1/s1. The van der Waals surface area contributed by atoms with E-state index in [9.17, 15) is 8.78 Å². The molecule has 0 saturated carbocycles. The van der Waals surface area contributed by atoms with Crippen LogP contribution in [0, 0.1) is 6.92 Å². The lowest BCUT2D eigenvalue weighted by Gasteiger charge is -2.34. The Hall–Kier alpha value is -4.02. The number of anilines is 1. The highest BCUT2D eigenvalue weighted by Gasteiger charge is 2.35. The molecule has 3 aromatic heterocycles. The van der Waals surface area contributed by atoms with Gasteiger partial charge in [-0.2, -0.15) is 0 Å². The second-order valence-electron chi connectivity index (χ2n) is 10.1. The largest absolute Gasteiger partial charge is 0.496 e. The molecule has 1 saturated heterocycles. The molecule has 5 heterocycles. The average Bonchev–Trinajstić information content (AvgIpc) is 3.58. The minimum Gasteiger partial charge on any atom is -0.496 e. The minimum absolute atomic E-state index is 0.0452. The van der Waals surface area contributed by atoms with E-state index >= 15 is 0 Å². The molecule has 0 unspecified atom stereocenters. The highest BCUT2D eigenvalue weighted by Crippen LogP contribution is 2.41. The number of fused-ring (bicyclic) bond motifs is 1. The van der Waals surface area contributed by atoms with Crippen LogP contribution in [0.1, 0.15) is 48.7 Å². The molecule has 0 bridgehead atoms. The zero-order chi connectivity index (χ0) is 27.1. The molecule has 1 atom stereocenters. The summed E-state index contributed by atoms with van der Waals surface area (Å²) in [6.45, 7) is 3.33. The zero-order valence-corrected chi connectivity index (χ0v) is 22.3. The number of halogens is 2. The van der Waals surface area contributed by atoms with Gasteiger partial charge in [0.15, 0.2) is 5.82 Å². The predicted molar refractivity (Wildman–Crippen MR) is 142 cm³/mol. The van der Waals surface area contributed by atoms with Crippen molar-refractivity contribution >= 4 is 5.69 Å². The Bertz CT molecular complexity index is 1490. The van der Waals surface area contributed by atoms with Crippen LogP contribution in [0.2, 0.25) is 0 Å². The molecule has 6 rings (SSSR count). The van der Waals surface area contributed by atoms with E-state index in [4.69, 9.17) is 24.5 Å². The normalized spacial score (nSPS) is 18.6. The summed E-state index contributed by atoms with van der Waals surface area (Å²) < 4.78 is 42.7. The maximum Gasteiger partial charge on any atom is 0.251 e. The van der Waals surface area contributed by atoms with E-state index in [1.54, 1.807) is 20.5 Å². The Balaban J connectivity index is 1.33. The first-order valence-electron chi connectivity index (χ1n) is 13.2. The number of piperidine rings is 1. The van der Waals surface area contributed by atoms with Crippen molar-refractivity contribution in [3.63, 3.8) is 0 Å². The summed E-state index contributed by atoms with van der Waals surface area (Å²) in [6.07, 6.45) is 5.18. The van der Waals surface area contributed by atoms with E-state index in [0.29, 0.717) is 30.5 Å². The molecule has 2 aliphatic heterocycles. The second kappa shape index (κ2) is 9.94. The van der Waals surface area contributed by atoms with Crippen LogP contribution in [0.15, 0.2) is 42.9 Å². The third kappa shape index (κ3) is 4.81. The van der Waals surface area contributed by atoms with Crippen LogP contribution in [0.25, 0.3) is 17.2 Å². The molecule has 1 fully saturated rings. The fourth-order valence-corrected chi connectivity index (χ4v) is 5.49. The molecule has 4 aromatic rings. The number of aromatic nitrogens is 6. The maximum atomic E-state index is 13.8. The van der Waals surface area contributed by atoms with E-state index in [-0.39, 0.29) is 18.8 Å². The predicted octanol–water partition coefficient (Wildman–Crippen LogP) is 5.01. The fourth-order valence-electron chi connectivity index (χ4n) is 5.49. The van der Waals surface area contributed by atoms with Crippen molar-refractivity contribution in [1.29, 1.82) is 0 Å². The number of benzene rings is 1. The maximum absolute atomic E-state index is 13.8. The van der Waals surface area contributed by atoms with Gasteiger partial charge in [0, 0.05) is 55.8 Å². The van der Waals surface area contributed by atoms with Crippen molar-refractivity contribution in [1.82, 2.24) is 29.3 Å². The van der Waals surface area contributed by atoms with E-state index < -0.39 is 5.92 Å². The molecule has 0 aliphatic carbocycles. The first-order valence-corrected chi connectivity index (χ1v) is 13.2. The molecule has 39 heavy (non-hydrogen) atoms. The smallest absolute Gasteiger partial charge is 0.251 e. The van der Waals surface area contributed by atoms with Gasteiger partial charge in [-0.15, -0.1) is 5.10 Å². The number of nitrogens with zero attached hydrogens (tertiary/aromatic N) is 7. The Morgan fingerprint density at radius 3 is 2.54 bits per heavy atom. The van der Waals surface area contributed by atoms with Gasteiger partial charge in [-0.3, -0.25) is 0 Å². The second-order valence-corrected chi connectivity index (χ2v) is 10.1. The number of pyridine rings is 1. The SMILES string of the molecule is COc1ccc(N2CCC(F)(F)CC2)cc1[C@H]1CCCn2nc(-c3ccc(-n4cnc(C)c4)c(OC)n3)nc21. The average molecular weight is 536 g/mol. The van der Waals surface area contributed by atoms with Gasteiger partial charge in [0.05, 0.1) is 26.2 Å². The number of alkyl halides is 2. The molecule has 0 N–H and O–H groups in total. The lowest BCUT2D eigenvalue weighted by molar-refractivity contribution is -0.0220. The van der Waals surface area contributed by atoms with E-state index in [2.05, 4.69) is 11.1 Å². The lowest BCUT2D eigenvalue weighted by atomic mass is 9.89. The van der Waals surface area contributed by atoms with Crippen molar-refractivity contribution in [2.45, 2.75) is 51.0 Å². The fraction of sp³-hybridized carbons (Fsp3) is 0.429. The van der Waals surface area contributed by atoms with Crippen molar-refractivity contribution in [2.24, 2.45) is 0 Å². The number of ether oxygens (including phenoxy) is 2.